The molecule has 2 aliphatic heterocycles. The van der Waals surface area contributed by atoms with E-state index in [1.807, 2.05) is 16.9 Å². The zero-order valence-electron chi connectivity index (χ0n) is 43.5. The highest BCUT2D eigenvalue weighted by molar-refractivity contribution is 7.92. The summed E-state index contributed by atoms with van der Waals surface area (Å²) in [7, 11) is -11.1. The maximum absolute atomic E-state index is 14.2. The fraction of sp³-hybridized carbons (Fsp3) is 0.473. The van der Waals surface area contributed by atoms with E-state index in [4.69, 9.17) is 21.4 Å². The molecule has 0 spiro atoms. The summed E-state index contributed by atoms with van der Waals surface area (Å²) in [4.78, 5) is 39.3. The van der Waals surface area contributed by atoms with E-state index in [0.29, 0.717) is 60.3 Å². The number of alkyl halides is 3. The Bertz CT molecular complexity index is 3150. The molecule has 5 aromatic rings. The molecule has 2 aromatic heterocycles. The highest BCUT2D eigenvalue weighted by atomic mass is 35.5. The standard InChI is InChI=1S/C55H68ClF3N8O8S2/c1-54(2)20-18-41(47(36-54)39-10-12-42(56)13-11-39)38-66-29-31-67(32-30-66)43-14-16-46(49(34-43)75-44-33-40-19-22-61-52(40)62-37-44)53(70)63-77(73,74)45-15-17-48(50(35-45)76(71,72)55(57,58)59)60-21-7-24-65-26-8-25-64(27-28-65)23-6-4-3-5-9-51(68)69/h10-17,19,22,33-35,37,60H,3-9,18,20-21,23-32,36,38H2,1-2H3,(H,61,62)(H,63,70)(H,68,69). The first kappa shape index (κ1) is 57.5. The Hall–Kier alpha value is -5.71. The molecule has 0 atom stereocenters. The second kappa shape index (κ2) is 25.0. The number of unbranched alkanes of at least 4 members (excludes halogenated alkanes) is 3. The fourth-order valence-corrected chi connectivity index (χ4v) is 12.5. The molecule has 22 heteroatoms. The monoisotopic (exact) mass is 1120 g/mol. The molecule has 1 amide bonds. The van der Waals surface area contributed by atoms with E-state index in [9.17, 15) is 39.6 Å². The van der Waals surface area contributed by atoms with E-state index in [1.165, 1.54) is 29.0 Å². The van der Waals surface area contributed by atoms with Gasteiger partial charge in [-0.05, 0) is 142 Å². The summed E-state index contributed by atoms with van der Waals surface area (Å²) in [6.45, 7) is 13.1. The van der Waals surface area contributed by atoms with Gasteiger partial charge in [0.1, 0.15) is 22.0 Å². The second-order valence-electron chi connectivity index (χ2n) is 21.0. The number of sulfonamides is 1. The van der Waals surface area contributed by atoms with Gasteiger partial charge in [-0.15, -0.1) is 0 Å². The number of rotatable bonds is 22. The lowest BCUT2D eigenvalue weighted by Crippen LogP contribution is -2.47. The van der Waals surface area contributed by atoms with Gasteiger partial charge >= 0.3 is 11.5 Å². The lowest BCUT2D eigenvalue weighted by Gasteiger charge is -2.39. The number of pyridine rings is 1. The van der Waals surface area contributed by atoms with Crippen LogP contribution in [0.3, 0.4) is 0 Å². The molecular weight excluding hydrogens is 1060 g/mol. The largest absolute Gasteiger partial charge is 0.501 e. The molecule has 0 saturated carbocycles. The van der Waals surface area contributed by atoms with E-state index in [2.05, 4.69) is 60.9 Å². The predicted molar refractivity (Wildman–Crippen MR) is 293 cm³/mol. The molecular formula is C55H68ClF3N8O8S2. The summed E-state index contributed by atoms with van der Waals surface area (Å²) in [5.41, 5.74) is -0.982. The normalized spacial score (nSPS) is 17.4. The van der Waals surface area contributed by atoms with Gasteiger partial charge in [0.15, 0.2) is 0 Å². The number of carboxylic acid groups (broad SMARTS) is 1. The number of aliphatic carboxylic acids is 1. The molecule has 3 aliphatic rings. The molecule has 4 heterocycles. The number of fused-ring (bicyclic) bond motifs is 1. The van der Waals surface area contributed by atoms with Gasteiger partial charge in [-0.25, -0.2) is 26.5 Å². The average molecular weight is 1130 g/mol. The number of carbonyl (C=O) groups is 2. The maximum Gasteiger partial charge on any atom is 0.501 e. The minimum Gasteiger partial charge on any atom is -0.481 e. The van der Waals surface area contributed by atoms with Crippen molar-refractivity contribution in [2.75, 3.05) is 88.8 Å². The smallest absolute Gasteiger partial charge is 0.481 e. The molecule has 416 valence electrons. The minimum atomic E-state index is -6.08. The number of benzene rings is 3. The van der Waals surface area contributed by atoms with Crippen LogP contribution in [0.2, 0.25) is 5.02 Å². The summed E-state index contributed by atoms with van der Waals surface area (Å²) in [6, 6.07) is 18.6. The van der Waals surface area contributed by atoms with Crippen LogP contribution in [0.4, 0.5) is 24.5 Å². The first-order valence-electron chi connectivity index (χ1n) is 26.3. The third-order valence-electron chi connectivity index (χ3n) is 14.7. The molecule has 4 N–H and O–H groups in total. The third kappa shape index (κ3) is 15.1. The van der Waals surface area contributed by atoms with E-state index in [-0.39, 0.29) is 35.4 Å². The SMILES string of the molecule is CC1(C)CCC(CN2CCN(c3ccc(C(=O)NS(=O)(=O)c4ccc(NCCCN5CCCN(CCCCCCC(=O)O)CC5)c(S(=O)(=O)C(F)(F)F)c4)c(Oc4cnc5[nH]ccc5c4)c3)CC2)=C(c2ccc(Cl)cc2)C1. The van der Waals surface area contributed by atoms with Gasteiger partial charge < -0.3 is 34.8 Å². The Morgan fingerprint density at radius 2 is 1.53 bits per heavy atom. The zero-order chi connectivity index (χ0) is 55.0. The lowest BCUT2D eigenvalue weighted by atomic mass is 9.72. The van der Waals surface area contributed by atoms with Gasteiger partial charge in [-0.2, -0.15) is 13.2 Å². The van der Waals surface area contributed by atoms with Crippen LogP contribution in [0.15, 0.2) is 101 Å². The number of halogens is 4. The number of hydrogen-bond donors (Lipinski definition) is 4. The highest BCUT2D eigenvalue weighted by Gasteiger charge is 2.48. The molecule has 3 aromatic carbocycles. The number of anilines is 2. The van der Waals surface area contributed by atoms with Crippen molar-refractivity contribution in [3.8, 4) is 11.5 Å². The molecule has 2 fully saturated rings. The maximum atomic E-state index is 14.2. The van der Waals surface area contributed by atoms with E-state index < -0.39 is 52.7 Å². The summed E-state index contributed by atoms with van der Waals surface area (Å²) < 4.78 is 105. The Kier molecular flexibility index (Phi) is 18.6. The summed E-state index contributed by atoms with van der Waals surface area (Å²) in [5.74, 6) is -1.73. The van der Waals surface area contributed by atoms with Crippen LogP contribution < -0.4 is 19.7 Å². The summed E-state index contributed by atoms with van der Waals surface area (Å²) >= 11 is 6.25. The first-order valence-corrected chi connectivity index (χ1v) is 29.6. The Balaban J connectivity index is 0.943. The minimum absolute atomic E-state index is 0.0176. The molecule has 2 saturated heterocycles. The topological polar surface area (TPSA) is 198 Å². The van der Waals surface area contributed by atoms with Gasteiger partial charge in [-0.1, -0.05) is 56.0 Å². The van der Waals surface area contributed by atoms with Crippen molar-refractivity contribution < 1.29 is 49.4 Å². The van der Waals surface area contributed by atoms with Crippen LogP contribution in [0.5, 0.6) is 11.5 Å². The highest BCUT2D eigenvalue weighted by Crippen LogP contribution is 2.44. The van der Waals surface area contributed by atoms with Crippen molar-refractivity contribution in [2.24, 2.45) is 5.41 Å². The van der Waals surface area contributed by atoms with Gasteiger partial charge in [0.25, 0.3) is 25.8 Å². The summed E-state index contributed by atoms with van der Waals surface area (Å²) in [5, 5.41) is 13.0. The number of nitrogens with zero attached hydrogens (tertiary/aromatic N) is 5. The van der Waals surface area contributed by atoms with Crippen LogP contribution in [-0.2, 0) is 24.7 Å². The number of H-pyrrole nitrogens is 1. The number of piperazine rings is 1. The van der Waals surface area contributed by atoms with Crippen LogP contribution in [0.25, 0.3) is 16.6 Å². The van der Waals surface area contributed by atoms with Crippen LogP contribution in [0, 0.1) is 5.41 Å². The van der Waals surface area contributed by atoms with Crippen molar-refractivity contribution in [1.29, 1.82) is 0 Å². The van der Waals surface area contributed by atoms with Gasteiger partial charge in [-0.3, -0.25) is 14.5 Å². The van der Waals surface area contributed by atoms with Gasteiger partial charge in [0, 0.05) is 87.1 Å². The van der Waals surface area contributed by atoms with Gasteiger partial charge in [0.05, 0.1) is 22.3 Å². The molecule has 0 radical (unpaired) electrons. The third-order valence-corrected chi connectivity index (χ3v) is 17.8. The fourth-order valence-electron chi connectivity index (χ4n) is 10.3. The Morgan fingerprint density at radius 1 is 0.831 bits per heavy atom. The molecule has 1 aliphatic carbocycles. The predicted octanol–water partition coefficient (Wildman–Crippen LogP) is 10.1. The van der Waals surface area contributed by atoms with E-state index >= 15 is 0 Å². The second-order valence-corrected chi connectivity index (χ2v) is 25.0. The van der Waals surface area contributed by atoms with Crippen LogP contribution in [-0.4, -0.2) is 143 Å². The number of aromatic amines is 1. The van der Waals surface area contributed by atoms with Crippen LogP contribution in [0.1, 0.15) is 94.0 Å². The number of carboxylic acids is 1. The number of carbonyl (C=O) groups excluding carboxylic acids is 1. The Morgan fingerprint density at radius 3 is 2.25 bits per heavy atom. The summed E-state index contributed by atoms with van der Waals surface area (Å²) in [6.07, 6.45) is 11.2. The number of ether oxygens (including phenoxy) is 1. The first-order chi connectivity index (χ1) is 36.6. The van der Waals surface area contributed by atoms with Gasteiger partial charge in [0.2, 0.25) is 0 Å². The number of allylic oxidation sites excluding steroid dienone is 1. The zero-order valence-corrected chi connectivity index (χ0v) is 45.9. The molecule has 16 nitrogen and oxygen atoms in total. The number of hydrogen-bond acceptors (Lipinski definition) is 13. The van der Waals surface area contributed by atoms with Crippen molar-refractivity contribution >= 4 is 71.3 Å². The molecule has 0 bridgehead atoms. The average Bonchev–Trinajstić information content (AvgIpc) is 3.74. The van der Waals surface area contributed by atoms with Crippen molar-refractivity contribution in [3.05, 3.63) is 107 Å². The number of aromatic nitrogens is 2. The number of sulfone groups is 1. The Labute approximate surface area is 454 Å². The van der Waals surface area contributed by atoms with Crippen molar-refractivity contribution in [2.45, 2.75) is 93.4 Å². The molecule has 8 rings (SSSR count). The quantitative estimate of drug-likeness (QED) is 0.0478. The number of nitrogens with one attached hydrogen (secondary N) is 3. The lowest BCUT2D eigenvalue weighted by molar-refractivity contribution is -0.137. The van der Waals surface area contributed by atoms with E-state index in [0.717, 1.165) is 109 Å². The van der Waals surface area contributed by atoms with Crippen molar-refractivity contribution in [3.63, 3.8) is 0 Å². The molecule has 0 unspecified atom stereocenters. The van der Waals surface area contributed by atoms with E-state index in [1.54, 1.807) is 30.5 Å². The van der Waals surface area contributed by atoms with Crippen molar-refractivity contribution in [1.82, 2.24) is 29.4 Å². The van der Waals surface area contributed by atoms with Crippen LogP contribution >= 0.6 is 11.6 Å². The number of amides is 1. The molecule has 77 heavy (non-hydrogen) atoms.